The van der Waals surface area contributed by atoms with Crippen molar-refractivity contribution in [3.63, 3.8) is 0 Å². The number of anilines is 1. The zero-order chi connectivity index (χ0) is 11.4. The van der Waals surface area contributed by atoms with Gasteiger partial charge in [-0.2, -0.15) is 11.8 Å². The largest absolute Gasteiger partial charge is 0.352 e. The number of hydrogen-bond donors (Lipinski definition) is 1. The fourth-order valence-electron chi connectivity index (χ4n) is 1.96. The first kappa shape index (κ1) is 11.7. The lowest BCUT2D eigenvalue weighted by Gasteiger charge is -2.34. The normalized spacial score (nSPS) is 21.1. The maximum Gasteiger partial charge on any atom is 0.128 e. The van der Waals surface area contributed by atoms with Gasteiger partial charge in [0, 0.05) is 36.8 Å². The summed E-state index contributed by atoms with van der Waals surface area (Å²) in [6.07, 6.45) is 1.97. The van der Waals surface area contributed by atoms with Crippen molar-refractivity contribution >= 4 is 17.6 Å². The molecule has 0 aromatic carbocycles. The molecule has 16 heavy (non-hydrogen) atoms. The van der Waals surface area contributed by atoms with E-state index in [-0.39, 0.29) is 0 Å². The number of nitrogens with zero attached hydrogens (tertiary/aromatic N) is 2. The Morgan fingerprint density at radius 2 is 2.44 bits per heavy atom. The van der Waals surface area contributed by atoms with Crippen LogP contribution in [0.2, 0.25) is 0 Å². The van der Waals surface area contributed by atoms with Crippen molar-refractivity contribution < 1.29 is 0 Å². The van der Waals surface area contributed by atoms with E-state index >= 15 is 0 Å². The molecule has 1 N–H and O–H groups in total. The summed E-state index contributed by atoms with van der Waals surface area (Å²) in [6.45, 7) is 4.28. The molecule has 0 radical (unpaired) electrons. The van der Waals surface area contributed by atoms with Gasteiger partial charge in [-0.15, -0.1) is 0 Å². The number of nitrogens with one attached hydrogen (secondary N) is 1. The van der Waals surface area contributed by atoms with Gasteiger partial charge in [0.05, 0.1) is 0 Å². The Labute approximate surface area is 102 Å². The second-order valence-electron chi connectivity index (χ2n) is 4.17. The van der Waals surface area contributed by atoms with Gasteiger partial charge in [0.25, 0.3) is 0 Å². The van der Waals surface area contributed by atoms with E-state index in [1.54, 1.807) is 0 Å². The van der Waals surface area contributed by atoms with Gasteiger partial charge in [-0.1, -0.05) is 6.07 Å². The molecule has 2 heterocycles. The van der Waals surface area contributed by atoms with Crippen molar-refractivity contribution in [2.24, 2.45) is 0 Å². The minimum atomic E-state index is 0.599. The molecule has 0 spiro atoms. The molecule has 0 aliphatic carbocycles. The third kappa shape index (κ3) is 2.68. The lowest BCUT2D eigenvalue weighted by Crippen LogP contribution is -2.40. The first-order valence-corrected chi connectivity index (χ1v) is 6.90. The van der Waals surface area contributed by atoms with Gasteiger partial charge in [0.2, 0.25) is 0 Å². The number of thioether (sulfide) groups is 1. The highest BCUT2D eigenvalue weighted by molar-refractivity contribution is 7.99. The van der Waals surface area contributed by atoms with E-state index < -0.39 is 0 Å². The maximum atomic E-state index is 4.55. The van der Waals surface area contributed by atoms with Crippen molar-refractivity contribution in [1.82, 2.24) is 10.3 Å². The number of hydrogen-bond acceptors (Lipinski definition) is 4. The molecule has 1 aliphatic rings. The Morgan fingerprint density at radius 3 is 3.06 bits per heavy atom. The number of pyridine rings is 1. The number of aromatic nitrogens is 1. The van der Waals surface area contributed by atoms with Gasteiger partial charge < -0.3 is 10.2 Å². The van der Waals surface area contributed by atoms with Gasteiger partial charge in [0.15, 0.2) is 0 Å². The Bertz CT molecular complexity index is 326. The van der Waals surface area contributed by atoms with Crippen LogP contribution in [-0.4, -0.2) is 36.1 Å². The van der Waals surface area contributed by atoms with E-state index in [2.05, 4.69) is 34.3 Å². The summed E-state index contributed by atoms with van der Waals surface area (Å²) in [6, 6.07) is 4.90. The summed E-state index contributed by atoms with van der Waals surface area (Å²) in [5, 5.41) is 3.13. The summed E-state index contributed by atoms with van der Waals surface area (Å²) in [5.41, 5.74) is 1.24. The van der Waals surface area contributed by atoms with Crippen LogP contribution in [-0.2, 0) is 6.54 Å². The van der Waals surface area contributed by atoms with Gasteiger partial charge in [0.1, 0.15) is 5.82 Å². The topological polar surface area (TPSA) is 28.2 Å². The van der Waals surface area contributed by atoms with Crippen molar-refractivity contribution in [3.05, 3.63) is 23.9 Å². The molecule has 2 rings (SSSR count). The summed E-state index contributed by atoms with van der Waals surface area (Å²) in [5.74, 6) is 3.54. The standard InChI is InChI=1S/C12H19N3S/c1-10-9-16-6-5-15(10)12-4-3-11(7-13-2)8-14-12/h3-4,8,10,13H,5-7,9H2,1-2H3. The zero-order valence-electron chi connectivity index (χ0n) is 9.94. The Hall–Kier alpha value is -0.740. The fraction of sp³-hybridized carbons (Fsp3) is 0.583. The lowest BCUT2D eigenvalue weighted by atomic mass is 10.2. The van der Waals surface area contributed by atoms with Gasteiger partial charge in [-0.3, -0.25) is 0 Å². The summed E-state index contributed by atoms with van der Waals surface area (Å²) < 4.78 is 0. The molecule has 4 heteroatoms. The first-order chi connectivity index (χ1) is 7.81. The predicted molar refractivity (Wildman–Crippen MR) is 71.1 cm³/mol. The van der Waals surface area contributed by atoms with E-state index in [0.29, 0.717) is 6.04 Å². The van der Waals surface area contributed by atoms with Crippen LogP contribution < -0.4 is 10.2 Å². The average Bonchev–Trinajstić information content (AvgIpc) is 2.31. The van der Waals surface area contributed by atoms with E-state index in [1.165, 1.54) is 17.1 Å². The highest BCUT2D eigenvalue weighted by Gasteiger charge is 2.19. The second-order valence-corrected chi connectivity index (χ2v) is 5.32. The molecule has 1 unspecified atom stereocenters. The van der Waals surface area contributed by atoms with Crippen LogP contribution >= 0.6 is 11.8 Å². The zero-order valence-corrected chi connectivity index (χ0v) is 10.8. The summed E-state index contributed by atoms with van der Waals surface area (Å²) >= 11 is 2.03. The average molecular weight is 237 g/mol. The van der Waals surface area contributed by atoms with E-state index in [0.717, 1.165) is 18.9 Å². The van der Waals surface area contributed by atoms with Crippen LogP contribution in [0.3, 0.4) is 0 Å². The monoisotopic (exact) mass is 237 g/mol. The molecule has 1 aromatic rings. The van der Waals surface area contributed by atoms with Gasteiger partial charge >= 0.3 is 0 Å². The predicted octanol–water partition coefficient (Wildman–Crippen LogP) is 1.74. The summed E-state index contributed by atoms with van der Waals surface area (Å²) in [7, 11) is 1.96. The Morgan fingerprint density at radius 1 is 1.56 bits per heavy atom. The third-order valence-electron chi connectivity index (χ3n) is 2.85. The first-order valence-electron chi connectivity index (χ1n) is 5.75. The van der Waals surface area contributed by atoms with Crippen molar-refractivity contribution in [2.45, 2.75) is 19.5 Å². The van der Waals surface area contributed by atoms with Crippen LogP contribution in [0.25, 0.3) is 0 Å². The van der Waals surface area contributed by atoms with Crippen LogP contribution in [0.4, 0.5) is 5.82 Å². The third-order valence-corrected chi connectivity index (χ3v) is 4.04. The molecule has 1 atom stereocenters. The molecule has 1 aromatic heterocycles. The van der Waals surface area contributed by atoms with Gasteiger partial charge in [-0.05, 0) is 25.6 Å². The molecule has 1 saturated heterocycles. The van der Waals surface area contributed by atoms with E-state index in [9.17, 15) is 0 Å². The fourth-order valence-corrected chi connectivity index (χ4v) is 2.98. The van der Waals surface area contributed by atoms with E-state index in [4.69, 9.17) is 0 Å². The Kier molecular flexibility index (Phi) is 4.07. The molecular formula is C12H19N3S. The van der Waals surface area contributed by atoms with Crippen molar-refractivity contribution in [2.75, 3.05) is 30.0 Å². The van der Waals surface area contributed by atoms with Crippen LogP contribution in [0, 0.1) is 0 Å². The SMILES string of the molecule is CNCc1ccc(N2CCSCC2C)nc1. The van der Waals surface area contributed by atoms with Crippen LogP contribution in [0.15, 0.2) is 18.3 Å². The number of rotatable bonds is 3. The molecule has 1 aliphatic heterocycles. The highest BCUT2D eigenvalue weighted by atomic mass is 32.2. The van der Waals surface area contributed by atoms with Crippen molar-refractivity contribution in [3.8, 4) is 0 Å². The molecule has 0 amide bonds. The highest BCUT2D eigenvalue weighted by Crippen LogP contribution is 2.21. The lowest BCUT2D eigenvalue weighted by molar-refractivity contribution is 0.688. The minimum absolute atomic E-state index is 0.599. The molecule has 0 bridgehead atoms. The van der Waals surface area contributed by atoms with Crippen LogP contribution in [0.1, 0.15) is 12.5 Å². The molecule has 0 saturated carbocycles. The van der Waals surface area contributed by atoms with Gasteiger partial charge in [-0.25, -0.2) is 4.98 Å². The minimum Gasteiger partial charge on any atom is -0.352 e. The molecule has 1 fully saturated rings. The van der Waals surface area contributed by atoms with E-state index in [1.807, 2.05) is 25.0 Å². The quantitative estimate of drug-likeness (QED) is 0.867. The van der Waals surface area contributed by atoms with Crippen LogP contribution in [0.5, 0.6) is 0 Å². The second kappa shape index (κ2) is 5.55. The van der Waals surface area contributed by atoms with Crippen molar-refractivity contribution in [1.29, 1.82) is 0 Å². The maximum absolute atomic E-state index is 4.55. The molecule has 88 valence electrons. The Balaban J connectivity index is 2.08. The smallest absolute Gasteiger partial charge is 0.128 e. The molecule has 3 nitrogen and oxygen atoms in total. The summed E-state index contributed by atoms with van der Waals surface area (Å²) in [4.78, 5) is 6.95. The molecular weight excluding hydrogens is 218 g/mol.